The molecule has 2 heterocycles. The maximum Gasteiger partial charge on any atom is 0.343 e. The second-order valence-corrected chi connectivity index (χ2v) is 5.55. The van der Waals surface area contributed by atoms with Crippen LogP contribution in [-0.2, 0) is 9.47 Å². The highest BCUT2D eigenvalue weighted by atomic mass is 19.1. The molecule has 24 heavy (non-hydrogen) atoms. The van der Waals surface area contributed by atoms with Crippen molar-refractivity contribution in [2.24, 2.45) is 0 Å². The fourth-order valence-corrected chi connectivity index (χ4v) is 2.52. The predicted octanol–water partition coefficient (Wildman–Crippen LogP) is 2.66. The number of hydrogen-bond acceptors (Lipinski definition) is 5. The molecule has 0 atom stereocenters. The van der Waals surface area contributed by atoms with Gasteiger partial charge in [-0.1, -0.05) is 6.58 Å². The number of aromatic nitrogens is 2. The van der Waals surface area contributed by atoms with Crippen LogP contribution in [0.4, 0.5) is 4.39 Å². The highest BCUT2D eigenvalue weighted by molar-refractivity contribution is 5.93. The largest absolute Gasteiger partial charge is 0.495 e. The van der Waals surface area contributed by atoms with Crippen LogP contribution < -0.4 is 5.43 Å². The number of fused-ring (bicyclic) bond motifs is 1. The van der Waals surface area contributed by atoms with Gasteiger partial charge in [0.25, 0.3) is 0 Å². The molecule has 126 valence electrons. The molecule has 0 amide bonds. The standard InChI is InChI=1S/C17H17FN2O4/c1-4-24-17(22)12-8-20(10-5-6-10)16-11(15(12)21)7-13(18)14(19-16)9(2)23-3/h7-8,10H,2,4-6H2,1,3H3. The average Bonchev–Trinajstić information content (AvgIpc) is 3.39. The number of carbonyl (C=O) groups is 1. The fraction of sp³-hybridized carbons (Fsp3) is 0.353. The summed E-state index contributed by atoms with van der Waals surface area (Å²) in [4.78, 5) is 28.8. The molecule has 1 aliphatic carbocycles. The summed E-state index contributed by atoms with van der Waals surface area (Å²) in [6.07, 6.45) is 3.25. The zero-order valence-electron chi connectivity index (χ0n) is 13.5. The summed E-state index contributed by atoms with van der Waals surface area (Å²) >= 11 is 0. The van der Waals surface area contributed by atoms with Gasteiger partial charge in [-0.15, -0.1) is 0 Å². The summed E-state index contributed by atoms with van der Waals surface area (Å²) in [5.41, 5.74) is -0.454. The van der Waals surface area contributed by atoms with Crippen molar-refractivity contribution in [1.82, 2.24) is 9.55 Å². The SMILES string of the molecule is C=C(OC)c1nc2c(cc1F)c(=O)c(C(=O)OCC)cn2C1CC1. The molecule has 0 aliphatic heterocycles. The second-order valence-electron chi connectivity index (χ2n) is 5.55. The molecule has 2 aromatic heterocycles. The molecule has 0 bridgehead atoms. The number of rotatable bonds is 5. The van der Waals surface area contributed by atoms with Crippen LogP contribution in [0.1, 0.15) is 41.9 Å². The minimum absolute atomic E-state index is 0.0395. The van der Waals surface area contributed by atoms with E-state index >= 15 is 0 Å². The van der Waals surface area contributed by atoms with Gasteiger partial charge in [-0.3, -0.25) is 4.79 Å². The molecule has 7 heteroatoms. The number of methoxy groups -OCH3 is 1. The van der Waals surface area contributed by atoms with E-state index in [1.807, 2.05) is 0 Å². The van der Waals surface area contributed by atoms with Gasteiger partial charge in [0.05, 0.1) is 19.1 Å². The van der Waals surface area contributed by atoms with Crippen molar-refractivity contribution in [3.05, 3.63) is 46.1 Å². The van der Waals surface area contributed by atoms with Crippen LogP contribution in [0.5, 0.6) is 0 Å². The van der Waals surface area contributed by atoms with E-state index in [4.69, 9.17) is 9.47 Å². The maximum absolute atomic E-state index is 14.3. The first-order chi connectivity index (χ1) is 11.5. The molecule has 6 nitrogen and oxygen atoms in total. The summed E-state index contributed by atoms with van der Waals surface area (Å²) in [5, 5.41) is 0.0395. The van der Waals surface area contributed by atoms with Crippen molar-refractivity contribution in [2.45, 2.75) is 25.8 Å². The normalized spacial score (nSPS) is 13.8. The molecule has 0 unspecified atom stereocenters. The van der Waals surface area contributed by atoms with Crippen molar-refractivity contribution in [3.63, 3.8) is 0 Å². The van der Waals surface area contributed by atoms with Crippen LogP contribution in [0.2, 0.25) is 0 Å². The van der Waals surface area contributed by atoms with E-state index in [1.165, 1.54) is 13.3 Å². The number of esters is 1. The molecule has 0 N–H and O–H groups in total. The van der Waals surface area contributed by atoms with Crippen molar-refractivity contribution in [1.29, 1.82) is 0 Å². The minimum atomic E-state index is -0.727. The maximum atomic E-state index is 14.3. The first-order valence-electron chi connectivity index (χ1n) is 7.63. The van der Waals surface area contributed by atoms with Gasteiger partial charge in [0.15, 0.2) is 5.82 Å². The summed E-state index contributed by atoms with van der Waals surface area (Å²) < 4.78 is 25.9. The summed E-state index contributed by atoms with van der Waals surface area (Å²) in [6, 6.07) is 1.20. The van der Waals surface area contributed by atoms with Crippen molar-refractivity contribution in [2.75, 3.05) is 13.7 Å². The minimum Gasteiger partial charge on any atom is -0.495 e. The highest BCUT2D eigenvalue weighted by Gasteiger charge is 2.28. The molecule has 0 spiro atoms. The third kappa shape index (κ3) is 2.66. The van der Waals surface area contributed by atoms with Gasteiger partial charge in [0.1, 0.15) is 22.7 Å². The number of halogens is 1. The quantitative estimate of drug-likeness (QED) is 0.622. The van der Waals surface area contributed by atoms with Crippen molar-refractivity contribution >= 4 is 22.8 Å². The summed E-state index contributed by atoms with van der Waals surface area (Å²) in [5.74, 6) is -1.38. The lowest BCUT2D eigenvalue weighted by molar-refractivity contribution is 0.0524. The van der Waals surface area contributed by atoms with Gasteiger partial charge in [-0.2, -0.15) is 0 Å². The predicted molar refractivity (Wildman–Crippen MR) is 86.2 cm³/mol. The Kier molecular flexibility index (Phi) is 4.09. The Balaban J connectivity index is 2.30. The molecule has 0 saturated heterocycles. The third-order valence-corrected chi connectivity index (χ3v) is 3.90. The monoisotopic (exact) mass is 332 g/mol. The number of pyridine rings is 2. The Morgan fingerprint density at radius 3 is 2.79 bits per heavy atom. The van der Waals surface area contributed by atoms with Crippen LogP contribution in [0.15, 0.2) is 23.6 Å². The molecule has 0 aromatic carbocycles. The molecule has 2 aromatic rings. The number of nitrogens with zero attached hydrogens (tertiary/aromatic N) is 2. The van der Waals surface area contributed by atoms with Gasteiger partial charge in [0, 0.05) is 12.2 Å². The van der Waals surface area contributed by atoms with Crippen LogP contribution in [0, 0.1) is 5.82 Å². The zero-order chi connectivity index (χ0) is 17.4. The Bertz CT molecular complexity index is 900. The molecule has 0 radical (unpaired) electrons. The highest BCUT2D eigenvalue weighted by Crippen LogP contribution is 2.37. The lowest BCUT2D eigenvalue weighted by Crippen LogP contribution is -2.22. The summed E-state index contributed by atoms with van der Waals surface area (Å²) in [7, 11) is 1.37. The van der Waals surface area contributed by atoms with E-state index in [0.717, 1.165) is 18.9 Å². The van der Waals surface area contributed by atoms with Crippen LogP contribution >= 0.6 is 0 Å². The Hall–Kier alpha value is -2.70. The first kappa shape index (κ1) is 16.2. The number of ether oxygens (including phenoxy) is 2. The van der Waals surface area contributed by atoms with Gasteiger partial charge in [0.2, 0.25) is 5.43 Å². The lowest BCUT2D eigenvalue weighted by atomic mass is 10.1. The van der Waals surface area contributed by atoms with Gasteiger partial charge in [-0.25, -0.2) is 14.2 Å². The smallest absolute Gasteiger partial charge is 0.343 e. The van der Waals surface area contributed by atoms with E-state index in [-0.39, 0.29) is 35.1 Å². The Morgan fingerprint density at radius 2 is 2.21 bits per heavy atom. The second kappa shape index (κ2) is 6.07. The Morgan fingerprint density at radius 1 is 1.50 bits per heavy atom. The molecule has 1 fully saturated rings. The van der Waals surface area contributed by atoms with Crippen LogP contribution in [0.25, 0.3) is 16.8 Å². The van der Waals surface area contributed by atoms with E-state index in [2.05, 4.69) is 11.6 Å². The van der Waals surface area contributed by atoms with E-state index in [1.54, 1.807) is 11.5 Å². The van der Waals surface area contributed by atoms with E-state index < -0.39 is 17.2 Å². The zero-order valence-corrected chi connectivity index (χ0v) is 13.5. The average molecular weight is 332 g/mol. The number of carbonyl (C=O) groups excluding carboxylic acids is 1. The van der Waals surface area contributed by atoms with E-state index in [0.29, 0.717) is 5.65 Å². The van der Waals surface area contributed by atoms with Gasteiger partial charge < -0.3 is 14.0 Å². The third-order valence-electron chi connectivity index (χ3n) is 3.90. The van der Waals surface area contributed by atoms with Crippen molar-refractivity contribution < 1.29 is 18.7 Å². The molecule has 1 aliphatic rings. The van der Waals surface area contributed by atoms with Crippen LogP contribution in [0.3, 0.4) is 0 Å². The first-order valence-corrected chi connectivity index (χ1v) is 7.63. The summed E-state index contributed by atoms with van der Waals surface area (Å²) in [6.45, 7) is 5.41. The molecular formula is C17H17FN2O4. The van der Waals surface area contributed by atoms with Crippen LogP contribution in [-0.4, -0.2) is 29.2 Å². The number of hydrogen-bond donors (Lipinski definition) is 0. The molecular weight excluding hydrogens is 315 g/mol. The topological polar surface area (TPSA) is 70.4 Å². The van der Waals surface area contributed by atoms with Gasteiger partial charge in [-0.05, 0) is 25.8 Å². The Labute approximate surface area is 137 Å². The molecule has 1 saturated carbocycles. The molecule has 3 rings (SSSR count). The van der Waals surface area contributed by atoms with Gasteiger partial charge >= 0.3 is 5.97 Å². The lowest BCUT2D eigenvalue weighted by Gasteiger charge is -2.13. The van der Waals surface area contributed by atoms with E-state index in [9.17, 15) is 14.0 Å². The van der Waals surface area contributed by atoms with Crippen molar-refractivity contribution in [3.8, 4) is 0 Å². The fourth-order valence-electron chi connectivity index (χ4n) is 2.52.